The van der Waals surface area contributed by atoms with Gasteiger partial charge in [-0.3, -0.25) is 4.57 Å². The number of ether oxygens (including phenoxy) is 1. The largest absolute Gasteiger partial charge is 0.424 e. The van der Waals surface area contributed by atoms with Crippen molar-refractivity contribution < 1.29 is 13.2 Å². The minimum absolute atomic E-state index is 0.0116. The molecule has 0 unspecified atom stereocenters. The molecule has 0 aliphatic carbocycles. The van der Waals surface area contributed by atoms with Crippen LogP contribution in [-0.2, 0) is 16.6 Å². The first-order valence-electron chi connectivity index (χ1n) is 10.9. The Bertz CT molecular complexity index is 1260. The summed E-state index contributed by atoms with van der Waals surface area (Å²) in [5.41, 5.74) is 1.07. The molecule has 2 heterocycles. The highest BCUT2D eigenvalue weighted by molar-refractivity contribution is 7.89. The van der Waals surface area contributed by atoms with Crippen molar-refractivity contribution in [3.05, 3.63) is 58.3 Å². The lowest BCUT2D eigenvalue weighted by molar-refractivity contribution is 0.407. The SMILES string of the molecule is CCn1c(Oc2cccc(N3CCNCC3)c2)nnc1[C@@H](C)NS(=O)(=O)c1ccc(Cl)c(Cl)c1. The number of benzene rings is 2. The molecule has 12 heteroatoms. The van der Waals surface area contributed by atoms with Crippen molar-refractivity contribution in [2.45, 2.75) is 31.3 Å². The van der Waals surface area contributed by atoms with Gasteiger partial charge in [0.05, 0.1) is 21.0 Å². The Hall–Kier alpha value is -2.37. The smallest absolute Gasteiger partial charge is 0.322 e. The average Bonchev–Trinajstić information content (AvgIpc) is 3.24. The number of nitrogens with one attached hydrogen (secondary N) is 2. The summed E-state index contributed by atoms with van der Waals surface area (Å²) in [7, 11) is -3.87. The molecule has 34 heavy (non-hydrogen) atoms. The highest BCUT2D eigenvalue weighted by Gasteiger charge is 2.24. The van der Waals surface area contributed by atoms with Gasteiger partial charge in [0.15, 0.2) is 5.82 Å². The van der Waals surface area contributed by atoms with Gasteiger partial charge in [-0.05, 0) is 44.2 Å². The van der Waals surface area contributed by atoms with Gasteiger partial charge in [-0.2, -0.15) is 0 Å². The molecular formula is C22H26Cl2N6O3S. The molecule has 0 radical (unpaired) electrons. The number of nitrogens with zero attached hydrogens (tertiary/aromatic N) is 4. The predicted octanol–water partition coefficient (Wildman–Crippen LogP) is 3.85. The van der Waals surface area contributed by atoms with E-state index in [2.05, 4.69) is 25.1 Å². The fourth-order valence-corrected chi connectivity index (χ4v) is 5.35. The first-order valence-corrected chi connectivity index (χ1v) is 13.2. The fraction of sp³-hybridized carbons (Fsp3) is 0.364. The number of rotatable bonds is 8. The number of aromatic nitrogens is 3. The first kappa shape index (κ1) is 24.7. The van der Waals surface area contributed by atoms with Crippen LogP contribution in [0.4, 0.5) is 5.69 Å². The van der Waals surface area contributed by atoms with Gasteiger partial charge in [-0.1, -0.05) is 34.4 Å². The summed E-state index contributed by atoms with van der Waals surface area (Å²) in [5.74, 6) is 1.06. The lowest BCUT2D eigenvalue weighted by atomic mass is 10.2. The molecular weight excluding hydrogens is 499 g/mol. The molecule has 0 bridgehead atoms. The summed E-state index contributed by atoms with van der Waals surface area (Å²) < 4.78 is 36.1. The van der Waals surface area contributed by atoms with Crippen LogP contribution in [0.5, 0.6) is 11.8 Å². The highest BCUT2D eigenvalue weighted by Crippen LogP contribution is 2.28. The van der Waals surface area contributed by atoms with Crippen LogP contribution >= 0.6 is 23.2 Å². The highest BCUT2D eigenvalue weighted by atomic mass is 35.5. The molecule has 0 amide bonds. The van der Waals surface area contributed by atoms with Crippen LogP contribution in [0, 0.1) is 0 Å². The van der Waals surface area contributed by atoms with Crippen molar-refractivity contribution in [1.29, 1.82) is 0 Å². The van der Waals surface area contributed by atoms with Crippen LogP contribution in [0.15, 0.2) is 47.4 Å². The summed E-state index contributed by atoms with van der Waals surface area (Å²) in [6.45, 7) is 7.83. The lowest BCUT2D eigenvalue weighted by Crippen LogP contribution is -2.43. The molecule has 182 valence electrons. The molecule has 1 saturated heterocycles. The summed E-state index contributed by atoms with van der Waals surface area (Å²) in [6.07, 6.45) is 0. The van der Waals surface area contributed by atoms with E-state index in [4.69, 9.17) is 27.9 Å². The van der Waals surface area contributed by atoms with Crippen LogP contribution in [0.25, 0.3) is 0 Å². The number of hydrogen-bond donors (Lipinski definition) is 2. The minimum atomic E-state index is -3.87. The number of halogens is 2. The van der Waals surface area contributed by atoms with Gasteiger partial charge < -0.3 is 15.0 Å². The van der Waals surface area contributed by atoms with Gasteiger partial charge >= 0.3 is 6.01 Å². The Labute approximate surface area is 209 Å². The second-order valence-electron chi connectivity index (χ2n) is 7.84. The quantitative estimate of drug-likeness (QED) is 0.461. The van der Waals surface area contributed by atoms with Crippen LogP contribution in [0.2, 0.25) is 10.0 Å². The molecule has 4 rings (SSSR count). The standard InChI is InChI=1S/C22H26Cl2N6O3S/c1-3-30-21(15(2)28-34(31,32)18-7-8-19(23)20(24)14-18)26-27-22(30)33-17-6-4-5-16(13-17)29-11-9-25-10-12-29/h4-8,13-15,25,28H,3,9-12H2,1-2H3/t15-/m1/s1. The molecule has 1 fully saturated rings. The van der Waals surface area contributed by atoms with E-state index in [1.807, 2.05) is 31.2 Å². The van der Waals surface area contributed by atoms with Crippen molar-refractivity contribution in [3.8, 4) is 11.8 Å². The molecule has 0 spiro atoms. The Morgan fingerprint density at radius 2 is 1.88 bits per heavy atom. The number of hydrogen-bond acceptors (Lipinski definition) is 7. The maximum absolute atomic E-state index is 12.9. The Morgan fingerprint density at radius 3 is 2.59 bits per heavy atom. The molecule has 1 aliphatic rings. The third kappa shape index (κ3) is 5.47. The Balaban J connectivity index is 1.52. The van der Waals surface area contributed by atoms with Crippen molar-refractivity contribution in [1.82, 2.24) is 24.8 Å². The molecule has 1 atom stereocenters. The van der Waals surface area contributed by atoms with Gasteiger partial charge in [0.25, 0.3) is 0 Å². The Morgan fingerprint density at radius 1 is 1.12 bits per heavy atom. The summed E-state index contributed by atoms with van der Waals surface area (Å²) >= 11 is 11.9. The van der Waals surface area contributed by atoms with Crippen LogP contribution in [0.3, 0.4) is 0 Å². The third-order valence-corrected chi connectivity index (χ3v) is 7.77. The van der Waals surface area contributed by atoms with E-state index < -0.39 is 16.1 Å². The van der Waals surface area contributed by atoms with Gasteiger partial charge in [-0.25, -0.2) is 13.1 Å². The van der Waals surface area contributed by atoms with Crippen LogP contribution in [0.1, 0.15) is 25.7 Å². The van der Waals surface area contributed by atoms with Gasteiger partial charge in [0.1, 0.15) is 5.75 Å². The topological polar surface area (TPSA) is 101 Å². The van der Waals surface area contributed by atoms with E-state index in [-0.39, 0.29) is 21.0 Å². The van der Waals surface area contributed by atoms with Gasteiger partial charge in [-0.15, -0.1) is 5.10 Å². The molecule has 1 aliphatic heterocycles. The third-order valence-electron chi connectivity index (χ3n) is 5.49. The molecule has 3 aromatic rings. The maximum Gasteiger partial charge on any atom is 0.322 e. The fourth-order valence-electron chi connectivity index (χ4n) is 3.76. The van der Waals surface area contributed by atoms with Crippen molar-refractivity contribution in [3.63, 3.8) is 0 Å². The first-order chi connectivity index (χ1) is 16.3. The van der Waals surface area contributed by atoms with E-state index in [0.717, 1.165) is 31.9 Å². The minimum Gasteiger partial charge on any atom is -0.424 e. The normalized spacial score (nSPS) is 15.4. The molecule has 0 saturated carbocycles. The summed E-state index contributed by atoms with van der Waals surface area (Å²) in [6, 6.07) is 11.6. The number of anilines is 1. The lowest BCUT2D eigenvalue weighted by Gasteiger charge is -2.29. The van der Waals surface area contributed by atoms with E-state index in [1.54, 1.807) is 11.5 Å². The van der Waals surface area contributed by atoms with E-state index in [9.17, 15) is 8.42 Å². The number of piperazine rings is 1. The summed E-state index contributed by atoms with van der Waals surface area (Å²) in [5, 5.41) is 12.2. The zero-order chi connectivity index (χ0) is 24.3. The molecule has 1 aromatic heterocycles. The molecule has 9 nitrogen and oxygen atoms in total. The Kier molecular flexibility index (Phi) is 7.63. The monoisotopic (exact) mass is 524 g/mol. The second kappa shape index (κ2) is 10.5. The van der Waals surface area contributed by atoms with Gasteiger partial charge in [0.2, 0.25) is 10.0 Å². The van der Waals surface area contributed by atoms with E-state index >= 15 is 0 Å². The van der Waals surface area contributed by atoms with Crippen LogP contribution in [-0.4, -0.2) is 49.4 Å². The maximum atomic E-state index is 12.9. The van der Waals surface area contributed by atoms with Crippen molar-refractivity contribution in [2.24, 2.45) is 0 Å². The summed E-state index contributed by atoms with van der Waals surface area (Å²) in [4.78, 5) is 2.30. The van der Waals surface area contributed by atoms with Crippen molar-refractivity contribution in [2.75, 3.05) is 31.1 Å². The average molecular weight is 525 g/mol. The number of sulfonamides is 1. The van der Waals surface area contributed by atoms with E-state index in [0.29, 0.717) is 18.1 Å². The predicted molar refractivity (Wildman–Crippen MR) is 132 cm³/mol. The zero-order valence-corrected chi connectivity index (χ0v) is 21.2. The van der Waals surface area contributed by atoms with E-state index in [1.165, 1.54) is 18.2 Å². The van der Waals surface area contributed by atoms with Crippen LogP contribution < -0.4 is 19.7 Å². The second-order valence-corrected chi connectivity index (χ2v) is 10.4. The zero-order valence-electron chi connectivity index (χ0n) is 18.8. The molecule has 2 N–H and O–H groups in total. The van der Waals surface area contributed by atoms with Crippen molar-refractivity contribution >= 4 is 38.9 Å². The molecule has 2 aromatic carbocycles. The van der Waals surface area contributed by atoms with Gasteiger partial charge in [0, 0.05) is 44.5 Å².